The van der Waals surface area contributed by atoms with Crippen LogP contribution in [0.5, 0.6) is 0 Å². The van der Waals surface area contributed by atoms with E-state index >= 15 is 0 Å². The normalized spacial score (nSPS) is 16.6. The highest BCUT2D eigenvalue weighted by atomic mass is 79.9. The number of allylic oxidation sites excluding steroid dienone is 4. The minimum absolute atomic E-state index is 0. The van der Waals surface area contributed by atoms with Crippen LogP contribution in [0.4, 0.5) is 0 Å². The van der Waals surface area contributed by atoms with E-state index in [1.807, 2.05) is 0 Å². The van der Waals surface area contributed by atoms with Crippen LogP contribution in [0.25, 0.3) is 12.2 Å². The minimum Gasteiger partial charge on any atom is -1.00 e. The maximum Gasteiger partial charge on any atom is 0.305 e. The van der Waals surface area contributed by atoms with Gasteiger partial charge in [-0.2, -0.15) is 0 Å². The number of aromatic amines is 2. The summed E-state index contributed by atoms with van der Waals surface area (Å²) >= 11 is 0. The van der Waals surface area contributed by atoms with E-state index in [1.165, 1.54) is 80.2 Å². The van der Waals surface area contributed by atoms with Crippen molar-refractivity contribution < 1.29 is 53.5 Å². The molecule has 2 aromatic rings. The standard InChI is InChI=1S/C35H46N4O2.2BrH/c1-11-25-19(4)29(36-23(25)8)16-31-21(6)27(13-3)33(38-31)18-32-22(7)28(14-15-35(40)41-10)34(39-32)17-30-20(5)26(12-2)24(9)37-30;;/h16-17,36-37H,11-15,18H2,1-10H3;2*1H/b31-16+,34-17-;;. The third kappa shape index (κ3) is 7.34. The van der Waals surface area contributed by atoms with Gasteiger partial charge in [-0.25, -0.2) is 9.98 Å². The molecule has 234 valence electrons. The molecule has 43 heavy (non-hydrogen) atoms. The molecule has 0 atom stereocenters. The van der Waals surface area contributed by atoms with Gasteiger partial charge in [0.1, 0.15) is 6.42 Å². The molecule has 0 bridgehead atoms. The highest BCUT2D eigenvalue weighted by molar-refractivity contribution is 6.15. The Morgan fingerprint density at radius 2 is 1.23 bits per heavy atom. The Hall–Kier alpha value is -2.71. The molecule has 0 fully saturated rings. The third-order valence-electron chi connectivity index (χ3n) is 9.08. The van der Waals surface area contributed by atoms with E-state index < -0.39 is 0 Å². The summed E-state index contributed by atoms with van der Waals surface area (Å²) in [6.07, 6.45) is 9.23. The van der Waals surface area contributed by atoms with Gasteiger partial charge < -0.3 is 48.7 Å². The van der Waals surface area contributed by atoms with Gasteiger partial charge in [0.25, 0.3) is 0 Å². The van der Waals surface area contributed by atoms with Gasteiger partial charge in [0.2, 0.25) is 11.4 Å². The number of H-pyrrole nitrogens is 2. The van der Waals surface area contributed by atoms with E-state index in [2.05, 4.69) is 94.4 Å². The first-order valence-electron chi connectivity index (χ1n) is 15.1. The number of carbonyl (C=O) groups is 1. The van der Waals surface area contributed by atoms with Crippen LogP contribution in [-0.2, 0) is 22.4 Å². The fourth-order valence-corrected chi connectivity index (χ4v) is 6.61. The number of hydrogen-bond acceptors (Lipinski definition) is 2. The predicted octanol–water partition coefficient (Wildman–Crippen LogP) is -1.45. The van der Waals surface area contributed by atoms with Gasteiger partial charge in [-0.05, 0) is 89.5 Å². The lowest BCUT2D eigenvalue weighted by molar-refractivity contribution is -0.393. The Labute approximate surface area is 278 Å². The van der Waals surface area contributed by atoms with E-state index in [0.717, 1.165) is 42.8 Å². The number of nitrogens with one attached hydrogen (secondary N) is 4. The number of halogens is 2. The predicted molar refractivity (Wildman–Crippen MR) is 169 cm³/mol. The Morgan fingerprint density at radius 1 is 0.721 bits per heavy atom. The van der Waals surface area contributed by atoms with Crippen molar-refractivity contribution in [1.82, 2.24) is 9.97 Å². The zero-order valence-electron chi connectivity index (χ0n) is 27.5. The van der Waals surface area contributed by atoms with Gasteiger partial charge in [-0.1, -0.05) is 20.8 Å². The molecular formula is C35H48Br2N4O2. The van der Waals surface area contributed by atoms with Crippen molar-refractivity contribution in [3.05, 3.63) is 78.7 Å². The monoisotopic (exact) mass is 714 g/mol. The lowest BCUT2D eigenvalue weighted by atomic mass is 9.95. The van der Waals surface area contributed by atoms with E-state index in [9.17, 15) is 4.79 Å². The smallest absolute Gasteiger partial charge is 0.305 e. The number of rotatable bonds is 10. The van der Waals surface area contributed by atoms with Crippen molar-refractivity contribution in [3.63, 3.8) is 0 Å². The summed E-state index contributed by atoms with van der Waals surface area (Å²) in [5.41, 5.74) is 19.8. The molecule has 2 aromatic heterocycles. The molecule has 0 aliphatic carbocycles. The molecular weight excluding hydrogens is 668 g/mol. The number of methoxy groups -OCH3 is 1. The van der Waals surface area contributed by atoms with Crippen LogP contribution in [0.3, 0.4) is 0 Å². The summed E-state index contributed by atoms with van der Waals surface area (Å²) in [5, 5.41) is 0. The Balaban J connectivity index is 0.00000323. The molecule has 2 aliphatic heterocycles. The lowest BCUT2D eigenvalue weighted by Crippen LogP contribution is -3.00. The van der Waals surface area contributed by atoms with E-state index in [4.69, 9.17) is 4.74 Å². The quantitative estimate of drug-likeness (QED) is 0.227. The molecule has 2 aliphatic rings. The van der Waals surface area contributed by atoms with Crippen molar-refractivity contribution in [2.45, 2.75) is 101 Å². The van der Waals surface area contributed by atoms with Crippen LogP contribution in [0, 0.1) is 27.7 Å². The molecule has 0 saturated heterocycles. The van der Waals surface area contributed by atoms with Crippen LogP contribution < -0.4 is 43.9 Å². The zero-order valence-corrected chi connectivity index (χ0v) is 30.6. The van der Waals surface area contributed by atoms with Crippen LogP contribution in [-0.4, -0.2) is 34.5 Å². The Bertz CT molecular complexity index is 1570. The van der Waals surface area contributed by atoms with Gasteiger partial charge in [-0.3, -0.25) is 4.79 Å². The number of carbonyl (C=O) groups excluding carboxylic acids is 1. The molecule has 0 unspecified atom stereocenters. The Morgan fingerprint density at radius 3 is 1.70 bits per heavy atom. The average Bonchev–Trinajstić information content (AvgIpc) is 3.59. The number of aromatic nitrogens is 2. The molecule has 0 saturated carbocycles. The van der Waals surface area contributed by atoms with Crippen molar-refractivity contribution in [2.24, 2.45) is 0 Å². The number of aryl methyl sites for hydroxylation is 2. The molecule has 4 heterocycles. The topological polar surface area (TPSA) is 85.8 Å². The van der Waals surface area contributed by atoms with Crippen molar-refractivity contribution in [2.75, 3.05) is 7.11 Å². The van der Waals surface area contributed by atoms with Crippen LogP contribution in [0.15, 0.2) is 33.7 Å². The van der Waals surface area contributed by atoms with Gasteiger partial charge in [0, 0.05) is 63.6 Å². The highest BCUT2D eigenvalue weighted by Crippen LogP contribution is 2.28. The highest BCUT2D eigenvalue weighted by Gasteiger charge is 2.35. The Kier molecular flexibility index (Phi) is 13.0. The number of hydrogen-bond donors (Lipinski definition) is 4. The first kappa shape index (κ1) is 36.5. The maximum atomic E-state index is 12.1. The van der Waals surface area contributed by atoms with Crippen LogP contribution in [0.2, 0.25) is 0 Å². The lowest BCUT2D eigenvalue weighted by Gasteiger charge is -2.02. The van der Waals surface area contributed by atoms with E-state index in [-0.39, 0.29) is 39.9 Å². The first-order chi connectivity index (χ1) is 19.5. The van der Waals surface area contributed by atoms with E-state index in [0.29, 0.717) is 12.8 Å². The second-order valence-electron chi connectivity index (χ2n) is 11.4. The molecule has 0 amide bonds. The summed E-state index contributed by atoms with van der Waals surface area (Å²) in [5.74, 6) is -0.187. The van der Waals surface area contributed by atoms with Crippen LogP contribution in [0.1, 0.15) is 105 Å². The van der Waals surface area contributed by atoms with Crippen molar-refractivity contribution in [3.8, 4) is 0 Å². The number of ether oxygens (including phenoxy) is 1. The van der Waals surface area contributed by atoms with Gasteiger partial charge >= 0.3 is 5.97 Å². The van der Waals surface area contributed by atoms with Crippen LogP contribution >= 0.6 is 0 Å². The SMILES string of the molecule is CCC1=C(C)/C(=C\c2[nH]c(C)c(CC)c2C)[NH+]=C1CC1=[NH+]/C(=C\c2[nH]c(C)c(CC)c2C)C(CCC(=O)OC)=C1C.[Br-].[Br-]. The molecule has 4 N–H and O–H groups in total. The number of esters is 1. The van der Waals surface area contributed by atoms with E-state index in [1.54, 1.807) is 0 Å². The fourth-order valence-electron chi connectivity index (χ4n) is 6.61. The zero-order chi connectivity index (χ0) is 30.0. The largest absolute Gasteiger partial charge is 1.00 e. The van der Waals surface area contributed by atoms with Crippen molar-refractivity contribution in [1.29, 1.82) is 0 Å². The first-order valence-corrected chi connectivity index (χ1v) is 15.1. The molecule has 0 spiro atoms. The molecule has 8 heteroatoms. The average molecular weight is 717 g/mol. The second-order valence-corrected chi connectivity index (χ2v) is 11.4. The van der Waals surface area contributed by atoms with Gasteiger partial charge in [0.15, 0.2) is 11.4 Å². The fraction of sp³-hybridized carbons (Fsp3) is 0.457. The molecule has 4 rings (SSSR count). The summed E-state index contributed by atoms with van der Waals surface area (Å²) in [6.45, 7) is 19.7. The third-order valence-corrected chi connectivity index (χ3v) is 9.08. The van der Waals surface area contributed by atoms with Gasteiger partial charge in [0.05, 0.1) is 7.11 Å². The molecule has 0 radical (unpaired) electrons. The van der Waals surface area contributed by atoms with Crippen molar-refractivity contribution >= 4 is 29.5 Å². The van der Waals surface area contributed by atoms with Gasteiger partial charge in [-0.15, -0.1) is 0 Å². The molecule has 6 nitrogen and oxygen atoms in total. The summed E-state index contributed by atoms with van der Waals surface area (Å²) in [7, 11) is 1.45. The summed E-state index contributed by atoms with van der Waals surface area (Å²) < 4.78 is 4.97. The second kappa shape index (κ2) is 15.3. The minimum atomic E-state index is -0.187. The summed E-state index contributed by atoms with van der Waals surface area (Å²) in [6, 6.07) is 0. The molecule has 0 aromatic carbocycles. The summed E-state index contributed by atoms with van der Waals surface area (Å²) in [4.78, 5) is 26.8. The maximum absolute atomic E-state index is 12.1.